The van der Waals surface area contributed by atoms with Gasteiger partial charge >= 0.3 is 25.7 Å². The van der Waals surface area contributed by atoms with E-state index in [0.29, 0.717) is 61.9 Å². The molecule has 0 amide bonds. The lowest BCUT2D eigenvalue weighted by molar-refractivity contribution is -0.155. The molecular weight excluding hydrogens is 1180 g/mol. The molecule has 4 unspecified atom stereocenters. The Morgan fingerprint density at radius 2 is 1.08 bits per heavy atom. The number of alkyl halides is 1. The highest BCUT2D eigenvalue weighted by atomic mass is 35.5. The van der Waals surface area contributed by atoms with E-state index in [1.807, 2.05) is 33.8 Å². The topological polar surface area (TPSA) is 310 Å². The fourth-order valence-electron chi connectivity index (χ4n) is 9.43. The number of methoxy groups -OCH3 is 2. The number of rotatable bonds is 18. The molecule has 7 rings (SSSR count). The van der Waals surface area contributed by atoms with E-state index >= 15 is 0 Å². The quantitative estimate of drug-likeness (QED) is 0.0344. The van der Waals surface area contributed by atoms with Crippen molar-refractivity contribution >= 4 is 49.7 Å². The molecule has 506 valence electrons. The second-order valence-electron chi connectivity index (χ2n) is 23.6. The first-order chi connectivity index (χ1) is 39.6. The molecule has 0 bridgehead atoms. The third-order valence-electron chi connectivity index (χ3n) is 15.0. The molecule has 0 spiro atoms. The van der Waals surface area contributed by atoms with E-state index in [1.165, 1.54) is 6.38 Å². The standard InChI is InChI=1S/C17H24NO6P.C13H25NO4.C11H21NO4.C9H18O3.C8H16O3.CH3Cl.CH4.ClH/c1-11(2)14-9-15-16(22-14)10-21-25(20,18-12(3)17(19)23-15)24-13-7-5-4-6-8-13;1-8(2)10-6-11(12(17-10)7-16-5)18-13(15)9(3)14-4;1-6(2)8-4-9(10(5-13)15-8)16-11(14)7(3)12;1-6(2)8-4-7(10)9(12-8)5-11-3;1-5(2)7-3-6(10)8(4-9)11-7;1-2;;/h4-8,11-12,14-16H,9-10H2,1-3H3,(H,18,20);8-12,14H,6-7H2,1-5H3;6-10,13H,4-5,12H2,1-3H3;6-10H,4-5H2,1-3H3;5-10H,3-4H2,1-2H3;1H3;1H4;1H/t12-,14+,15?,16+,25?;9-,10+,11?,12+;7-,8+,9?,10+;7-,8+,9+;6-,7+,8+;;;/m00000.../s1. The number of halogens is 2. The summed E-state index contributed by atoms with van der Waals surface area (Å²) in [6.07, 6.45) is 1.94. The van der Waals surface area contributed by atoms with Gasteiger partial charge in [0.2, 0.25) is 0 Å². The Morgan fingerprint density at radius 3 is 1.52 bits per heavy atom. The first-order valence-electron chi connectivity index (χ1n) is 29.6. The SMILES string of the molecule is C.CC(C)[C@H]1CC(OC(=O)[C@H](C)N)[C@@H](CO)O1.CC(C)[C@H]1CC2OC(=O)[C@H](C)NP(=O)(Oc3ccccc3)OC[C@H]2O1.CC(C)[C@H]1C[C@H](O)[C@@H](CO)O1.CCl.CN[C@@H](C)C(=O)OC1C[C@H](C(C)C)O[C@@H]1COC.COC[C@H]1O[C@@H](C(C)C)C[C@@H]1O.Cl. The molecule has 8 N–H and O–H groups in total. The number of hydrogen-bond acceptors (Lipinski definition) is 22. The lowest BCUT2D eigenvalue weighted by Crippen LogP contribution is -2.38. The molecule has 19 atom stereocenters. The van der Waals surface area contributed by atoms with Gasteiger partial charge in [0.05, 0.1) is 75.8 Å². The summed E-state index contributed by atoms with van der Waals surface area (Å²) in [5, 5.41) is 42.3. The lowest BCUT2D eigenvalue weighted by atomic mass is 10.0. The summed E-state index contributed by atoms with van der Waals surface area (Å²) in [4.78, 5) is 35.4. The molecular formula is C60H112Cl2N3O20P. The van der Waals surface area contributed by atoms with Gasteiger partial charge in [-0.3, -0.25) is 18.9 Å². The summed E-state index contributed by atoms with van der Waals surface area (Å²) in [7, 11) is 1.24. The van der Waals surface area contributed by atoms with Crippen molar-refractivity contribution in [2.24, 2.45) is 35.3 Å². The van der Waals surface area contributed by atoms with Crippen LogP contribution >= 0.6 is 31.8 Å². The van der Waals surface area contributed by atoms with E-state index in [9.17, 15) is 29.2 Å². The van der Waals surface area contributed by atoms with Crippen LogP contribution < -0.4 is 20.7 Å². The predicted molar refractivity (Wildman–Crippen MR) is 331 cm³/mol. The molecule has 86 heavy (non-hydrogen) atoms. The third kappa shape index (κ3) is 28.0. The molecule has 1 aromatic carbocycles. The van der Waals surface area contributed by atoms with Crippen LogP contribution in [0.1, 0.15) is 130 Å². The zero-order valence-electron chi connectivity index (χ0n) is 53.4. The molecule has 0 radical (unpaired) electrons. The minimum atomic E-state index is -3.75. The molecule has 1 aromatic rings. The van der Waals surface area contributed by atoms with Crippen molar-refractivity contribution in [3.05, 3.63) is 30.3 Å². The lowest BCUT2D eigenvalue weighted by Gasteiger charge is -2.22. The highest BCUT2D eigenvalue weighted by molar-refractivity contribution is 7.52. The number of esters is 3. The van der Waals surface area contributed by atoms with Crippen molar-refractivity contribution in [2.45, 2.75) is 239 Å². The Hall–Kier alpha value is -2.36. The van der Waals surface area contributed by atoms with Crippen molar-refractivity contribution in [3.63, 3.8) is 0 Å². The maximum absolute atomic E-state index is 13.1. The number of carbonyl (C=O) groups excluding carboxylic acids is 3. The van der Waals surface area contributed by atoms with Crippen LogP contribution in [0.5, 0.6) is 5.75 Å². The average Bonchev–Trinajstić information content (AvgIpc) is 4.01. The van der Waals surface area contributed by atoms with Gasteiger partial charge in [0.15, 0.2) is 0 Å². The number of carbonyl (C=O) groups is 3. The van der Waals surface area contributed by atoms with Gasteiger partial charge in [0.25, 0.3) is 0 Å². The van der Waals surface area contributed by atoms with Crippen molar-refractivity contribution in [2.75, 3.05) is 60.7 Å². The zero-order chi connectivity index (χ0) is 63.6. The maximum atomic E-state index is 13.1. The number of ether oxygens (including phenoxy) is 10. The molecule has 6 heterocycles. The average molecular weight is 1300 g/mol. The van der Waals surface area contributed by atoms with Gasteiger partial charge in [0, 0.05) is 52.7 Å². The monoisotopic (exact) mass is 1300 g/mol. The van der Waals surface area contributed by atoms with Gasteiger partial charge in [-0.1, -0.05) is 94.9 Å². The van der Waals surface area contributed by atoms with Crippen LogP contribution in [0.15, 0.2) is 30.3 Å². The van der Waals surface area contributed by atoms with Gasteiger partial charge in [-0.2, -0.15) is 5.09 Å². The second kappa shape index (κ2) is 42.7. The Bertz CT molecular complexity index is 2040. The summed E-state index contributed by atoms with van der Waals surface area (Å²) < 4.78 is 78.9. The van der Waals surface area contributed by atoms with Crippen LogP contribution in [0.3, 0.4) is 0 Å². The van der Waals surface area contributed by atoms with E-state index < -0.39 is 56.2 Å². The molecule has 26 heteroatoms. The summed E-state index contributed by atoms with van der Waals surface area (Å²) in [6, 6.07) is 6.92. The Morgan fingerprint density at radius 1 is 0.663 bits per heavy atom. The molecule has 0 saturated carbocycles. The molecule has 0 aromatic heterocycles. The Kier molecular flexibility index (Phi) is 41.5. The molecule has 23 nitrogen and oxygen atoms in total. The number of hydrogen-bond donors (Lipinski definition) is 7. The first-order valence-corrected chi connectivity index (χ1v) is 31.9. The number of benzene rings is 1. The van der Waals surface area contributed by atoms with Crippen LogP contribution in [0, 0.1) is 29.6 Å². The highest BCUT2D eigenvalue weighted by Gasteiger charge is 2.45. The van der Waals surface area contributed by atoms with Gasteiger partial charge in [-0.15, -0.1) is 24.0 Å². The van der Waals surface area contributed by atoms with E-state index in [-0.39, 0.29) is 125 Å². The number of aliphatic hydroxyl groups is 4. The predicted octanol–water partition coefficient (Wildman–Crippen LogP) is 6.80. The largest absolute Gasteiger partial charge is 0.459 e. The molecule has 6 aliphatic rings. The summed E-state index contributed by atoms with van der Waals surface area (Å²) in [5.41, 5.74) is 5.42. The normalized spacial score (nSPS) is 32.6. The van der Waals surface area contributed by atoms with Crippen LogP contribution in [0.2, 0.25) is 0 Å². The van der Waals surface area contributed by atoms with Gasteiger partial charge in [0.1, 0.15) is 72.7 Å². The maximum Gasteiger partial charge on any atom is 0.459 e. The Balaban J connectivity index is 0.00000107. The second-order valence-corrected chi connectivity index (χ2v) is 25.3. The van der Waals surface area contributed by atoms with Crippen molar-refractivity contribution in [1.82, 2.24) is 10.4 Å². The first kappa shape index (κ1) is 83.6. The number of fused-ring (bicyclic) bond motifs is 1. The van der Waals surface area contributed by atoms with Crippen molar-refractivity contribution in [1.29, 1.82) is 0 Å². The zero-order valence-corrected chi connectivity index (χ0v) is 55.8. The smallest absolute Gasteiger partial charge is 0.458 e. The van der Waals surface area contributed by atoms with E-state index in [2.05, 4.69) is 63.5 Å². The van der Waals surface area contributed by atoms with E-state index in [4.69, 9.17) is 72.4 Å². The number of nitrogens with two attached hydrogens (primary N) is 1. The third-order valence-corrected chi connectivity index (χ3v) is 16.6. The Labute approximate surface area is 525 Å². The fraction of sp³-hybridized carbons (Fsp3) is 0.850. The number of nitrogens with one attached hydrogen (secondary N) is 2. The van der Waals surface area contributed by atoms with E-state index in [0.717, 1.165) is 12.8 Å². The molecule has 6 fully saturated rings. The molecule has 6 saturated heterocycles. The number of aliphatic hydroxyl groups excluding tert-OH is 4. The summed E-state index contributed by atoms with van der Waals surface area (Å²) in [6.45, 7) is 26.4. The molecule has 0 aliphatic carbocycles. The minimum Gasteiger partial charge on any atom is -0.458 e. The van der Waals surface area contributed by atoms with Gasteiger partial charge in [-0.05, 0) is 69.5 Å². The van der Waals surface area contributed by atoms with Gasteiger partial charge in [-0.25, -0.2) is 4.57 Å². The summed E-state index contributed by atoms with van der Waals surface area (Å²) in [5.74, 6) is 1.14. The van der Waals surface area contributed by atoms with Crippen molar-refractivity contribution in [3.8, 4) is 5.75 Å². The molecule has 6 aliphatic heterocycles. The van der Waals surface area contributed by atoms with Crippen LogP contribution in [0.25, 0.3) is 0 Å². The van der Waals surface area contributed by atoms with Crippen LogP contribution in [-0.4, -0.2) is 209 Å². The summed E-state index contributed by atoms with van der Waals surface area (Å²) >= 11 is 4.64. The number of para-hydroxylation sites is 1. The number of likely N-dealkylation sites (N-methyl/N-ethyl adjacent to an activating group) is 1. The van der Waals surface area contributed by atoms with E-state index in [1.54, 1.807) is 66.3 Å². The van der Waals surface area contributed by atoms with Crippen LogP contribution in [-0.2, 0) is 70.8 Å². The minimum absolute atomic E-state index is 0. The van der Waals surface area contributed by atoms with Crippen LogP contribution in [0.4, 0.5) is 0 Å². The van der Waals surface area contributed by atoms with Gasteiger partial charge < -0.3 is 83.4 Å². The fourth-order valence-corrected chi connectivity index (χ4v) is 10.9. The van der Waals surface area contributed by atoms with Crippen molar-refractivity contribution < 1.29 is 95.8 Å². The highest BCUT2D eigenvalue weighted by Crippen LogP contribution is 2.46.